The van der Waals surface area contributed by atoms with Gasteiger partial charge in [0.1, 0.15) is 18.1 Å². The highest BCUT2D eigenvalue weighted by atomic mass is 19.1. The number of anilines is 1. The summed E-state index contributed by atoms with van der Waals surface area (Å²) in [6.45, 7) is 7.22. The van der Waals surface area contributed by atoms with Crippen LogP contribution in [0.2, 0.25) is 0 Å². The van der Waals surface area contributed by atoms with E-state index >= 15 is 0 Å². The minimum absolute atomic E-state index is 0.0573. The maximum Gasteiger partial charge on any atom is 0.178 e. The number of fused-ring (bicyclic) bond motifs is 1. The lowest BCUT2D eigenvalue weighted by atomic mass is 9.94. The van der Waals surface area contributed by atoms with E-state index in [0.717, 1.165) is 37.8 Å². The van der Waals surface area contributed by atoms with Crippen LogP contribution < -0.4 is 9.64 Å². The molecule has 1 fully saturated rings. The van der Waals surface area contributed by atoms with Gasteiger partial charge in [0.2, 0.25) is 0 Å². The number of hydrogen-bond acceptors (Lipinski definition) is 7. The Balaban J connectivity index is 1.39. The zero-order chi connectivity index (χ0) is 24.5. The maximum atomic E-state index is 14.9. The lowest BCUT2D eigenvalue weighted by molar-refractivity contribution is 0.253. The van der Waals surface area contributed by atoms with Crippen LogP contribution in [0, 0.1) is 11.6 Å². The van der Waals surface area contributed by atoms with E-state index in [-0.39, 0.29) is 17.5 Å². The molecule has 4 heterocycles. The summed E-state index contributed by atoms with van der Waals surface area (Å²) in [5.74, 6) is -0.113. The molecule has 0 radical (unpaired) electrons. The van der Waals surface area contributed by atoms with Gasteiger partial charge in [0.25, 0.3) is 0 Å². The van der Waals surface area contributed by atoms with Crippen LogP contribution in [-0.2, 0) is 6.42 Å². The van der Waals surface area contributed by atoms with Gasteiger partial charge in [0, 0.05) is 29.9 Å². The van der Waals surface area contributed by atoms with Gasteiger partial charge in [-0.1, -0.05) is 0 Å². The van der Waals surface area contributed by atoms with Gasteiger partial charge < -0.3 is 14.5 Å². The highest BCUT2D eigenvalue weighted by Gasteiger charge is 2.26. The van der Waals surface area contributed by atoms with Crippen molar-refractivity contribution in [3.63, 3.8) is 0 Å². The van der Waals surface area contributed by atoms with E-state index in [1.54, 1.807) is 12.3 Å². The Bertz CT molecular complexity index is 1200. The molecule has 0 saturated carbocycles. The van der Waals surface area contributed by atoms with Crippen molar-refractivity contribution in [1.82, 2.24) is 24.8 Å². The van der Waals surface area contributed by atoms with E-state index in [2.05, 4.69) is 31.9 Å². The Labute approximate surface area is 204 Å². The molecule has 3 aromatic rings. The van der Waals surface area contributed by atoms with Crippen molar-refractivity contribution in [1.29, 1.82) is 0 Å². The van der Waals surface area contributed by atoms with E-state index < -0.39 is 11.6 Å². The van der Waals surface area contributed by atoms with Crippen molar-refractivity contribution in [2.45, 2.75) is 45.1 Å². The van der Waals surface area contributed by atoms with Crippen LogP contribution in [0.15, 0.2) is 30.7 Å². The van der Waals surface area contributed by atoms with E-state index in [1.807, 2.05) is 24.9 Å². The van der Waals surface area contributed by atoms with Crippen LogP contribution >= 0.6 is 0 Å². The normalized spacial score (nSPS) is 16.9. The average Bonchev–Trinajstić information content (AvgIpc) is 2.86. The quantitative estimate of drug-likeness (QED) is 0.542. The van der Waals surface area contributed by atoms with Crippen molar-refractivity contribution in [3.8, 4) is 17.0 Å². The molecule has 5 rings (SSSR count). The predicted molar refractivity (Wildman–Crippen MR) is 130 cm³/mol. The van der Waals surface area contributed by atoms with Gasteiger partial charge in [-0.3, -0.25) is 9.97 Å². The minimum Gasteiger partial charge on any atom is -0.486 e. The first-order chi connectivity index (χ1) is 16.9. The Morgan fingerprint density at radius 2 is 1.80 bits per heavy atom. The molecule has 0 unspecified atom stereocenters. The zero-order valence-electron chi connectivity index (χ0n) is 20.3. The van der Waals surface area contributed by atoms with Crippen molar-refractivity contribution >= 4 is 5.69 Å². The second-order valence-electron chi connectivity index (χ2n) is 9.61. The van der Waals surface area contributed by atoms with Crippen LogP contribution in [0.1, 0.15) is 49.8 Å². The number of aromatic nitrogens is 4. The fourth-order valence-electron chi connectivity index (χ4n) is 4.80. The minimum atomic E-state index is -0.607. The van der Waals surface area contributed by atoms with Crippen molar-refractivity contribution in [2.24, 2.45) is 0 Å². The van der Waals surface area contributed by atoms with Gasteiger partial charge in [0.15, 0.2) is 17.4 Å². The summed E-state index contributed by atoms with van der Waals surface area (Å²) >= 11 is 0. The van der Waals surface area contributed by atoms with Crippen LogP contribution in [0.5, 0.6) is 5.75 Å². The summed E-state index contributed by atoms with van der Waals surface area (Å²) in [5.41, 5.74) is 2.72. The van der Waals surface area contributed by atoms with Gasteiger partial charge in [-0.15, -0.1) is 0 Å². The third kappa shape index (κ3) is 4.96. The number of rotatable bonds is 5. The molecule has 2 aromatic heterocycles. The molecule has 0 bridgehead atoms. The monoisotopic (exact) mass is 480 g/mol. The first-order valence-electron chi connectivity index (χ1n) is 12.1. The third-order valence-electron chi connectivity index (χ3n) is 6.80. The van der Waals surface area contributed by atoms with Crippen molar-refractivity contribution in [3.05, 3.63) is 59.6 Å². The second-order valence-corrected chi connectivity index (χ2v) is 9.61. The summed E-state index contributed by atoms with van der Waals surface area (Å²) in [5, 5.41) is 0. The largest absolute Gasteiger partial charge is 0.486 e. The second kappa shape index (κ2) is 9.81. The molecule has 2 aliphatic heterocycles. The molecule has 35 heavy (non-hydrogen) atoms. The Morgan fingerprint density at radius 3 is 2.51 bits per heavy atom. The summed E-state index contributed by atoms with van der Waals surface area (Å²) in [7, 11) is 2.13. The first-order valence-corrected chi connectivity index (χ1v) is 12.1. The van der Waals surface area contributed by atoms with Crippen LogP contribution in [0.25, 0.3) is 11.3 Å². The molecule has 0 N–H and O–H groups in total. The number of nitrogens with zero attached hydrogens (tertiary/aromatic N) is 6. The lowest BCUT2D eigenvalue weighted by Crippen LogP contribution is -2.38. The predicted octanol–water partition coefficient (Wildman–Crippen LogP) is 4.22. The number of benzene rings is 1. The first kappa shape index (κ1) is 23.5. The number of likely N-dealkylation sites (tertiary alicyclic amines) is 1. The van der Waals surface area contributed by atoms with Crippen molar-refractivity contribution < 1.29 is 13.5 Å². The highest BCUT2D eigenvalue weighted by Crippen LogP contribution is 2.39. The van der Waals surface area contributed by atoms with Crippen LogP contribution in [-0.4, -0.2) is 64.2 Å². The summed E-state index contributed by atoms with van der Waals surface area (Å²) in [6.07, 6.45) is 7.16. The average molecular weight is 481 g/mol. The lowest BCUT2D eigenvalue weighted by Gasteiger charge is -2.34. The Kier molecular flexibility index (Phi) is 6.60. The summed E-state index contributed by atoms with van der Waals surface area (Å²) in [4.78, 5) is 22.1. The SMILES string of the molecule is CC(C)N1CCOc2c(F)cc(-c3nc(Cc4cnc(C5CCN(C)CC5)cn4)ncc3F)cc21. The molecule has 7 nitrogen and oxygen atoms in total. The van der Waals surface area contributed by atoms with Crippen LogP contribution in [0.3, 0.4) is 0 Å². The van der Waals surface area contributed by atoms with Gasteiger partial charge in [0.05, 0.1) is 36.2 Å². The molecule has 9 heteroatoms. The van der Waals surface area contributed by atoms with Gasteiger partial charge in [-0.2, -0.15) is 0 Å². The number of piperidine rings is 1. The molecule has 0 amide bonds. The maximum absolute atomic E-state index is 14.9. The Hall–Kier alpha value is -3.20. The highest BCUT2D eigenvalue weighted by molar-refractivity contribution is 5.72. The smallest absolute Gasteiger partial charge is 0.178 e. The molecule has 2 aliphatic rings. The number of halogens is 2. The van der Waals surface area contributed by atoms with E-state index in [4.69, 9.17) is 4.74 Å². The zero-order valence-corrected chi connectivity index (χ0v) is 20.3. The van der Waals surface area contributed by atoms with Gasteiger partial charge in [-0.05, 0) is 59.0 Å². The van der Waals surface area contributed by atoms with E-state index in [9.17, 15) is 8.78 Å². The number of hydrogen-bond donors (Lipinski definition) is 0. The molecular weight excluding hydrogens is 450 g/mol. The summed E-state index contributed by atoms with van der Waals surface area (Å²) in [6, 6.07) is 3.16. The van der Waals surface area contributed by atoms with Gasteiger partial charge >= 0.3 is 0 Å². The number of ether oxygens (including phenoxy) is 1. The van der Waals surface area contributed by atoms with E-state index in [0.29, 0.717) is 48.3 Å². The summed E-state index contributed by atoms with van der Waals surface area (Å²) < 4.78 is 35.2. The molecule has 0 aliphatic carbocycles. The fourth-order valence-corrected chi connectivity index (χ4v) is 4.80. The van der Waals surface area contributed by atoms with Crippen LogP contribution in [0.4, 0.5) is 14.5 Å². The third-order valence-corrected chi connectivity index (χ3v) is 6.80. The van der Waals surface area contributed by atoms with Gasteiger partial charge in [-0.25, -0.2) is 18.7 Å². The molecule has 0 spiro atoms. The standard InChI is InChI=1S/C26H30F2N6O/c1-16(2)34-8-9-35-26-20(27)10-18(11-23(26)34)25-21(28)14-31-24(32-25)12-19-13-30-22(15-29-19)17-4-6-33(3)7-5-17/h10-11,13-17H,4-9,12H2,1-3H3. The molecule has 0 atom stereocenters. The Morgan fingerprint density at radius 1 is 1.00 bits per heavy atom. The molecule has 1 aromatic carbocycles. The fraction of sp³-hybridized carbons (Fsp3) is 0.462. The molecule has 184 valence electrons. The van der Waals surface area contributed by atoms with Crippen molar-refractivity contribution in [2.75, 3.05) is 38.2 Å². The molecule has 1 saturated heterocycles. The van der Waals surface area contributed by atoms with E-state index in [1.165, 1.54) is 6.07 Å². The topological polar surface area (TPSA) is 67.3 Å². The molecular formula is C26H30F2N6O.